The summed E-state index contributed by atoms with van der Waals surface area (Å²) >= 11 is 0. The number of hydrogen-bond donors (Lipinski definition) is 0. The van der Waals surface area contributed by atoms with Gasteiger partial charge in [0.15, 0.2) is 0 Å². The molecule has 100 valence electrons. The maximum absolute atomic E-state index is 10.6. The minimum absolute atomic E-state index is 0.0705. The second-order valence-corrected chi connectivity index (χ2v) is 4.40. The smallest absolute Gasteiger partial charge is 0.379 e. The Bertz CT molecular complexity index is 412. The van der Waals surface area contributed by atoms with Gasteiger partial charge in [-0.2, -0.15) is 0 Å². The highest BCUT2D eigenvalue weighted by atomic mass is 16.6. The first-order valence-electron chi connectivity index (χ1n) is 6.15. The van der Waals surface area contributed by atoms with E-state index in [0.717, 1.165) is 45.8 Å². The molecule has 0 radical (unpaired) electrons. The first-order chi connectivity index (χ1) is 8.66. The third-order valence-corrected chi connectivity index (χ3v) is 3.13. The Morgan fingerprint density at radius 2 is 2.17 bits per heavy atom. The number of ether oxygens (including phenoxy) is 1. The molecule has 1 fully saturated rings. The van der Waals surface area contributed by atoms with Crippen LogP contribution < -0.4 is 0 Å². The van der Waals surface area contributed by atoms with Crippen LogP contribution in [0.1, 0.15) is 12.2 Å². The van der Waals surface area contributed by atoms with Gasteiger partial charge in [-0.25, -0.2) is 0 Å². The SMILES string of the molecule is Cc1nc([N+](=O)[O-])cn1CCCN1CCOCC1. The molecule has 2 heterocycles. The van der Waals surface area contributed by atoms with Crippen LogP contribution in [0.5, 0.6) is 0 Å². The van der Waals surface area contributed by atoms with Crippen LogP contribution in [-0.2, 0) is 11.3 Å². The zero-order valence-electron chi connectivity index (χ0n) is 10.5. The molecule has 1 aromatic rings. The number of hydrogen-bond acceptors (Lipinski definition) is 5. The van der Waals surface area contributed by atoms with Crippen LogP contribution in [0.15, 0.2) is 6.20 Å². The van der Waals surface area contributed by atoms with E-state index in [2.05, 4.69) is 9.88 Å². The van der Waals surface area contributed by atoms with Crippen LogP contribution in [0.4, 0.5) is 5.82 Å². The van der Waals surface area contributed by atoms with Crippen LogP contribution in [0, 0.1) is 17.0 Å². The molecule has 0 saturated carbocycles. The maximum Gasteiger partial charge on any atom is 0.381 e. The molecule has 0 atom stereocenters. The lowest BCUT2D eigenvalue weighted by atomic mass is 10.3. The van der Waals surface area contributed by atoms with E-state index < -0.39 is 4.92 Å². The van der Waals surface area contributed by atoms with Crippen molar-refractivity contribution in [2.45, 2.75) is 19.9 Å². The van der Waals surface area contributed by atoms with E-state index in [-0.39, 0.29) is 5.82 Å². The van der Waals surface area contributed by atoms with Gasteiger partial charge in [-0.15, -0.1) is 0 Å². The van der Waals surface area contributed by atoms with Gasteiger partial charge in [0.05, 0.1) is 13.2 Å². The molecule has 18 heavy (non-hydrogen) atoms. The molecule has 2 rings (SSSR count). The van der Waals surface area contributed by atoms with Gasteiger partial charge < -0.3 is 19.4 Å². The van der Waals surface area contributed by atoms with Crippen LogP contribution in [0.3, 0.4) is 0 Å². The first kappa shape index (κ1) is 13.0. The average molecular weight is 254 g/mol. The van der Waals surface area contributed by atoms with Crippen molar-refractivity contribution in [1.82, 2.24) is 14.5 Å². The summed E-state index contributed by atoms with van der Waals surface area (Å²) in [4.78, 5) is 16.4. The van der Waals surface area contributed by atoms with Crippen molar-refractivity contribution in [3.05, 3.63) is 22.1 Å². The fourth-order valence-electron chi connectivity index (χ4n) is 2.10. The lowest BCUT2D eigenvalue weighted by Crippen LogP contribution is -2.37. The van der Waals surface area contributed by atoms with Crippen molar-refractivity contribution in [3.63, 3.8) is 0 Å². The Morgan fingerprint density at radius 3 is 2.78 bits per heavy atom. The largest absolute Gasteiger partial charge is 0.381 e. The van der Waals surface area contributed by atoms with Gasteiger partial charge in [-0.3, -0.25) is 4.90 Å². The molecule has 0 amide bonds. The minimum Gasteiger partial charge on any atom is -0.379 e. The third-order valence-electron chi connectivity index (χ3n) is 3.13. The third kappa shape index (κ3) is 3.27. The first-order valence-corrected chi connectivity index (χ1v) is 6.15. The van der Waals surface area contributed by atoms with E-state index in [1.54, 1.807) is 6.92 Å². The molecular weight excluding hydrogens is 236 g/mol. The van der Waals surface area contributed by atoms with E-state index in [1.165, 1.54) is 6.20 Å². The van der Waals surface area contributed by atoms with Crippen molar-refractivity contribution in [2.75, 3.05) is 32.8 Å². The average Bonchev–Trinajstić information content (AvgIpc) is 2.73. The number of nitrogens with zero attached hydrogens (tertiary/aromatic N) is 4. The Hall–Kier alpha value is -1.47. The maximum atomic E-state index is 10.6. The van der Waals surface area contributed by atoms with E-state index in [0.29, 0.717) is 5.82 Å². The fourth-order valence-corrected chi connectivity index (χ4v) is 2.10. The summed E-state index contributed by atoms with van der Waals surface area (Å²) in [6.45, 7) is 7.11. The normalized spacial score (nSPS) is 16.9. The lowest BCUT2D eigenvalue weighted by molar-refractivity contribution is -0.389. The van der Waals surface area contributed by atoms with Gasteiger partial charge in [-0.1, -0.05) is 0 Å². The van der Waals surface area contributed by atoms with Gasteiger partial charge in [0.1, 0.15) is 6.20 Å². The highest BCUT2D eigenvalue weighted by Crippen LogP contribution is 2.11. The van der Waals surface area contributed by atoms with Gasteiger partial charge in [-0.05, 0) is 16.3 Å². The van der Waals surface area contributed by atoms with Crippen LogP contribution in [0.25, 0.3) is 0 Å². The summed E-state index contributed by atoms with van der Waals surface area (Å²) in [6, 6.07) is 0. The Morgan fingerprint density at radius 1 is 1.44 bits per heavy atom. The zero-order valence-corrected chi connectivity index (χ0v) is 10.5. The monoisotopic (exact) mass is 254 g/mol. The van der Waals surface area contributed by atoms with Gasteiger partial charge >= 0.3 is 5.82 Å². The van der Waals surface area contributed by atoms with E-state index in [9.17, 15) is 10.1 Å². The Labute approximate surface area is 106 Å². The second-order valence-electron chi connectivity index (χ2n) is 4.40. The Kier molecular flexibility index (Phi) is 4.27. The molecule has 0 aromatic carbocycles. The lowest BCUT2D eigenvalue weighted by Gasteiger charge is -2.26. The topological polar surface area (TPSA) is 73.4 Å². The second kappa shape index (κ2) is 5.92. The number of aromatic nitrogens is 2. The van der Waals surface area contributed by atoms with Gasteiger partial charge in [0.2, 0.25) is 5.82 Å². The van der Waals surface area contributed by atoms with Crippen LogP contribution >= 0.6 is 0 Å². The molecule has 7 heteroatoms. The van der Waals surface area contributed by atoms with E-state index >= 15 is 0 Å². The summed E-state index contributed by atoms with van der Waals surface area (Å²) in [6.07, 6.45) is 2.48. The van der Waals surface area contributed by atoms with Gasteiger partial charge in [0, 0.05) is 33.1 Å². The summed E-state index contributed by atoms with van der Waals surface area (Å²) in [5, 5.41) is 10.6. The molecule has 7 nitrogen and oxygen atoms in total. The molecule has 1 saturated heterocycles. The fraction of sp³-hybridized carbons (Fsp3) is 0.727. The standard InChI is InChI=1S/C11H18N4O3/c1-10-12-11(15(16)17)9-14(10)4-2-3-13-5-7-18-8-6-13/h9H,2-8H2,1H3. The predicted octanol–water partition coefficient (Wildman–Crippen LogP) is 0.822. The van der Waals surface area contributed by atoms with Crippen LogP contribution in [-0.4, -0.2) is 52.2 Å². The summed E-state index contributed by atoms with van der Waals surface area (Å²) < 4.78 is 7.13. The molecule has 0 N–H and O–H groups in total. The van der Waals surface area contributed by atoms with Crippen molar-refractivity contribution >= 4 is 5.82 Å². The molecule has 0 bridgehead atoms. The van der Waals surface area contributed by atoms with Crippen molar-refractivity contribution in [3.8, 4) is 0 Å². The number of rotatable bonds is 5. The number of imidazole rings is 1. The van der Waals surface area contributed by atoms with Crippen molar-refractivity contribution in [1.29, 1.82) is 0 Å². The zero-order chi connectivity index (χ0) is 13.0. The number of aryl methyl sites for hydroxylation is 2. The molecule has 1 aliphatic heterocycles. The summed E-state index contributed by atoms with van der Waals surface area (Å²) in [5.74, 6) is 0.627. The van der Waals surface area contributed by atoms with E-state index in [4.69, 9.17) is 4.74 Å². The van der Waals surface area contributed by atoms with Crippen molar-refractivity contribution < 1.29 is 9.66 Å². The molecule has 0 aliphatic carbocycles. The summed E-state index contributed by atoms with van der Waals surface area (Å²) in [5.41, 5.74) is 0. The van der Waals surface area contributed by atoms with Crippen LogP contribution in [0.2, 0.25) is 0 Å². The van der Waals surface area contributed by atoms with E-state index in [1.807, 2.05) is 4.57 Å². The molecular formula is C11H18N4O3. The number of morpholine rings is 1. The highest BCUT2D eigenvalue weighted by molar-refractivity contribution is 5.16. The molecule has 0 spiro atoms. The Balaban J connectivity index is 1.80. The summed E-state index contributed by atoms with van der Waals surface area (Å²) in [7, 11) is 0. The quantitative estimate of drug-likeness (QED) is 0.574. The molecule has 1 aromatic heterocycles. The van der Waals surface area contributed by atoms with Gasteiger partial charge in [0.25, 0.3) is 0 Å². The predicted molar refractivity (Wildman–Crippen MR) is 65.5 cm³/mol. The molecule has 0 unspecified atom stereocenters. The van der Waals surface area contributed by atoms with Crippen molar-refractivity contribution in [2.24, 2.45) is 0 Å². The highest BCUT2D eigenvalue weighted by Gasteiger charge is 2.15. The molecule has 1 aliphatic rings. The number of nitro groups is 1. The minimum atomic E-state index is -0.453.